The molecule has 0 bridgehead atoms. The van der Waals surface area contributed by atoms with Crippen molar-refractivity contribution in [3.05, 3.63) is 56.9 Å². The molecule has 10 heteroatoms. The summed E-state index contributed by atoms with van der Waals surface area (Å²) in [6, 6.07) is 6.18. The van der Waals surface area contributed by atoms with Crippen molar-refractivity contribution in [1.82, 2.24) is 10.2 Å². The van der Waals surface area contributed by atoms with Crippen LogP contribution in [-0.2, 0) is 0 Å². The molecule has 5 N–H and O–H groups in total. The standard InChI is InChI=1S/C20H21F3IN3O3/c1-11(28)7-25-8-20(30)9-27(10-20)19(29)13-3-4-14(21)17(23)18(13)26-16-5-2-12(24)6-15(16)22/h2-6,11,25-26,28,30H,7-10H2,1H3/p+1. The van der Waals surface area contributed by atoms with Crippen molar-refractivity contribution >= 4 is 39.9 Å². The number of aliphatic hydroxyl groups excluding tert-OH is 1. The average Bonchev–Trinajstić information content (AvgIpc) is 2.64. The Morgan fingerprint density at radius 2 is 1.97 bits per heavy atom. The lowest BCUT2D eigenvalue weighted by atomic mass is 9.92. The van der Waals surface area contributed by atoms with E-state index in [4.69, 9.17) is 5.11 Å². The number of anilines is 2. The highest BCUT2D eigenvalue weighted by Gasteiger charge is 2.48. The first-order valence-corrected chi connectivity index (χ1v) is 10.3. The summed E-state index contributed by atoms with van der Waals surface area (Å²) in [6.45, 7) is 2.41. The SMILES string of the molecule is CC(O)CNCC1([OH2+])CN(C(=O)c2ccc(F)c(F)c2Nc2ccc(I)cc2F)C1. The van der Waals surface area contributed by atoms with E-state index in [0.717, 1.165) is 12.1 Å². The van der Waals surface area contributed by atoms with Crippen molar-refractivity contribution in [2.75, 3.05) is 31.5 Å². The van der Waals surface area contributed by atoms with Gasteiger partial charge >= 0.3 is 0 Å². The van der Waals surface area contributed by atoms with E-state index < -0.39 is 40.8 Å². The molecule has 3 rings (SSSR count). The predicted molar refractivity (Wildman–Crippen MR) is 116 cm³/mol. The largest absolute Gasteiger partial charge is 0.437 e. The fourth-order valence-electron chi connectivity index (χ4n) is 3.21. The van der Waals surface area contributed by atoms with Crippen molar-refractivity contribution in [2.45, 2.75) is 18.6 Å². The fraction of sp³-hybridized carbons (Fsp3) is 0.350. The Morgan fingerprint density at radius 1 is 1.27 bits per heavy atom. The van der Waals surface area contributed by atoms with Crippen molar-refractivity contribution in [3.63, 3.8) is 0 Å². The second-order valence-corrected chi connectivity index (χ2v) is 8.70. The lowest BCUT2D eigenvalue weighted by Crippen LogP contribution is -2.67. The number of nitrogens with one attached hydrogen (secondary N) is 2. The Kier molecular flexibility index (Phi) is 6.90. The molecular formula is C20H22F3IN3O3+. The summed E-state index contributed by atoms with van der Waals surface area (Å²) >= 11 is 1.92. The average molecular weight is 536 g/mol. The monoisotopic (exact) mass is 536 g/mol. The second-order valence-electron chi connectivity index (χ2n) is 7.45. The Bertz CT molecular complexity index is 952. The first kappa shape index (κ1) is 22.8. The number of halogens is 4. The van der Waals surface area contributed by atoms with Gasteiger partial charge in [-0.3, -0.25) is 4.79 Å². The van der Waals surface area contributed by atoms with E-state index in [2.05, 4.69) is 10.6 Å². The maximum atomic E-state index is 14.5. The first-order chi connectivity index (χ1) is 14.1. The molecule has 1 fully saturated rings. The summed E-state index contributed by atoms with van der Waals surface area (Å²) in [5, 5.41) is 23.0. The molecule has 30 heavy (non-hydrogen) atoms. The van der Waals surface area contributed by atoms with Gasteiger partial charge in [-0.25, -0.2) is 13.2 Å². The highest BCUT2D eigenvalue weighted by Crippen LogP contribution is 2.31. The molecular weight excluding hydrogens is 514 g/mol. The number of likely N-dealkylation sites (tertiary alicyclic amines) is 1. The number of aliphatic hydroxyl groups is 1. The summed E-state index contributed by atoms with van der Waals surface area (Å²) in [7, 11) is 0. The first-order valence-electron chi connectivity index (χ1n) is 9.23. The summed E-state index contributed by atoms with van der Waals surface area (Å²) < 4.78 is 43.1. The molecule has 1 amide bonds. The van der Waals surface area contributed by atoms with E-state index in [1.54, 1.807) is 13.0 Å². The van der Waals surface area contributed by atoms with E-state index in [1.165, 1.54) is 17.0 Å². The molecule has 0 radical (unpaired) electrons. The van der Waals surface area contributed by atoms with E-state index in [-0.39, 0.29) is 30.9 Å². The summed E-state index contributed by atoms with van der Waals surface area (Å²) in [5.74, 6) is -3.70. The smallest absolute Gasteiger partial charge is 0.256 e. The normalized spacial score (nSPS) is 16.2. The highest BCUT2D eigenvalue weighted by molar-refractivity contribution is 14.1. The number of rotatable bonds is 7. The molecule has 1 saturated heterocycles. The van der Waals surface area contributed by atoms with E-state index >= 15 is 0 Å². The highest BCUT2D eigenvalue weighted by atomic mass is 127. The fourth-order valence-corrected chi connectivity index (χ4v) is 3.66. The van der Waals surface area contributed by atoms with Crippen molar-refractivity contribution in [2.24, 2.45) is 0 Å². The third-order valence-electron chi connectivity index (χ3n) is 4.69. The third kappa shape index (κ3) is 5.05. The molecule has 0 spiro atoms. The molecule has 1 aliphatic rings. The van der Waals surface area contributed by atoms with Crippen LogP contribution in [0.15, 0.2) is 30.3 Å². The zero-order chi connectivity index (χ0) is 22.1. The zero-order valence-corrected chi connectivity index (χ0v) is 18.3. The minimum absolute atomic E-state index is 0.0882. The number of benzene rings is 2. The van der Waals surface area contributed by atoms with Gasteiger partial charge in [0.25, 0.3) is 5.91 Å². The maximum absolute atomic E-state index is 14.5. The topological polar surface area (TPSA) is 87.5 Å². The van der Waals surface area contributed by atoms with Crippen LogP contribution in [-0.4, -0.2) is 58.9 Å². The number of amides is 1. The van der Waals surface area contributed by atoms with Gasteiger partial charge in [0.05, 0.1) is 42.7 Å². The number of carbonyl (C=O) groups is 1. The quantitative estimate of drug-likeness (QED) is 0.375. The number of hydrogen-bond donors (Lipinski definition) is 3. The third-order valence-corrected chi connectivity index (χ3v) is 5.36. The minimum Gasteiger partial charge on any atom is -0.437 e. The molecule has 0 aliphatic carbocycles. The summed E-state index contributed by atoms with van der Waals surface area (Å²) in [6.07, 6.45) is -0.552. The van der Waals surface area contributed by atoms with Gasteiger partial charge in [0, 0.05) is 10.1 Å². The van der Waals surface area contributed by atoms with Crippen LogP contribution in [0.25, 0.3) is 0 Å². The molecule has 2 aromatic rings. The van der Waals surface area contributed by atoms with Gasteiger partial charge in [0.15, 0.2) is 11.6 Å². The van der Waals surface area contributed by atoms with Gasteiger partial charge in [0.2, 0.25) is 5.60 Å². The zero-order valence-electron chi connectivity index (χ0n) is 16.1. The maximum Gasteiger partial charge on any atom is 0.256 e. The van der Waals surface area contributed by atoms with E-state index in [1.807, 2.05) is 22.6 Å². The number of nitrogens with zero attached hydrogens (tertiary/aromatic N) is 1. The molecule has 2 aromatic carbocycles. The lowest BCUT2D eigenvalue weighted by Gasteiger charge is -2.43. The van der Waals surface area contributed by atoms with Crippen LogP contribution in [0.4, 0.5) is 24.5 Å². The lowest BCUT2D eigenvalue weighted by molar-refractivity contribution is -0.0792. The van der Waals surface area contributed by atoms with E-state index in [9.17, 15) is 23.1 Å². The Labute approximate surface area is 185 Å². The van der Waals surface area contributed by atoms with Crippen LogP contribution in [0, 0.1) is 21.0 Å². The van der Waals surface area contributed by atoms with Crippen LogP contribution in [0.1, 0.15) is 17.3 Å². The summed E-state index contributed by atoms with van der Waals surface area (Å²) in [5.41, 5.74) is -1.62. The van der Waals surface area contributed by atoms with Gasteiger partial charge in [-0.05, 0) is 59.8 Å². The van der Waals surface area contributed by atoms with Crippen molar-refractivity contribution < 1.29 is 28.2 Å². The van der Waals surface area contributed by atoms with Gasteiger partial charge in [-0.15, -0.1) is 0 Å². The Hall–Kier alpha value is -1.89. The van der Waals surface area contributed by atoms with Crippen LogP contribution < -0.4 is 10.6 Å². The second kappa shape index (κ2) is 9.08. The van der Waals surface area contributed by atoms with Crippen LogP contribution in [0.3, 0.4) is 0 Å². The van der Waals surface area contributed by atoms with E-state index in [0.29, 0.717) is 10.1 Å². The van der Waals surface area contributed by atoms with Crippen LogP contribution in [0.5, 0.6) is 0 Å². The molecule has 1 atom stereocenters. The predicted octanol–water partition coefficient (Wildman–Crippen LogP) is 2.34. The molecule has 0 aromatic heterocycles. The Morgan fingerprint density at radius 3 is 2.60 bits per heavy atom. The summed E-state index contributed by atoms with van der Waals surface area (Å²) in [4.78, 5) is 14.2. The minimum atomic E-state index is -1.28. The van der Waals surface area contributed by atoms with Gasteiger partial charge in [-0.1, -0.05) is 0 Å². The number of hydrogen-bond acceptors (Lipinski definition) is 4. The van der Waals surface area contributed by atoms with Crippen molar-refractivity contribution in [3.8, 4) is 0 Å². The van der Waals surface area contributed by atoms with Crippen molar-refractivity contribution in [1.29, 1.82) is 0 Å². The van der Waals surface area contributed by atoms with Gasteiger partial charge in [0.1, 0.15) is 5.82 Å². The van der Waals surface area contributed by atoms with Gasteiger partial charge in [-0.2, -0.15) is 0 Å². The van der Waals surface area contributed by atoms with Crippen LogP contribution >= 0.6 is 22.6 Å². The molecule has 162 valence electrons. The van der Waals surface area contributed by atoms with Crippen LogP contribution in [0.2, 0.25) is 0 Å². The molecule has 6 nitrogen and oxygen atoms in total. The number of carbonyl (C=O) groups excluding carboxylic acids is 1. The molecule has 1 aliphatic heterocycles. The molecule has 0 saturated carbocycles. The molecule has 1 unspecified atom stereocenters. The Balaban J connectivity index is 1.78. The van der Waals surface area contributed by atoms with Gasteiger partial charge < -0.3 is 25.7 Å². The molecule has 1 heterocycles.